The first-order valence-electron chi connectivity index (χ1n) is 11.5. The van der Waals surface area contributed by atoms with Crippen molar-refractivity contribution in [1.82, 2.24) is 19.4 Å². The summed E-state index contributed by atoms with van der Waals surface area (Å²) in [6.07, 6.45) is 7.53. The van der Waals surface area contributed by atoms with Crippen LogP contribution in [0, 0.1) is 0 Å². The summed E-state index contributed by atoms with van der Waals surface area (Å²) in [6.45, 7) is 3.07. The van der Waals surface area contributed by atoms with Crippen LogP contribution < -0.4 is 5.73 Å². The fraction of sp³-hybridized carbons (Fsp3) is 0.480. The normalized spacial score (nSPS) is 17.6. The molecule has 1 amide bonds. The SMILES string of the molecule is COCCCn1c(C2CCCN(C(=O)CC(N)Cc3cccnc3)C2)nc2ccccc21. The minimum absolute atomic E-state index is 0.133. The maximum absolute atomic E-state index is 13.0. The molecule has 2 unspecified atom stereocenters. The van der Waals surface area contributed by atoms with Crippen molar-refractivity contribution in [3.63, 3.8) is 0 Å². The van der Waals surface area contributed by atoms with E-state index in [1.165, 1.54) is 0 Å². The van der Waals surface area contributed by atoms with Gasteiger partial charge in [-0.2, -0.15) is 0 Å². The summed E-state index contributed by atoms with van der Waals surface area (Å²) in [5, 5.41) is 0. The fourth-order valence-electron chi connectivity index (χ4n) is 4.67. The number of nitrogens with two attached hydrogens (primary N) is 1. The highest BCUT2D eigenvalue weighted by molar-refractivity contribution is 5.77. The Morgan fingerprint density at radius 1 is 1.28 bits per heavy atom. The quantitative estimate of drug-likeness (QED) is 0.522. The van der Waals surface area contributed by atoms with Gasteiger partial charge in [0.25, 0.3) is 0 Å². The number of carbonyl (C=O) groups is 1. The molecule has 1 aliphatic heterocycles. The van der Waals surface area contributed by atoms with Gasteiger partial charge in [0.1, 0.15) is 5.82 Å². The molecular weight excluding hydrogens is 402 g/mol. The van der Waals surface area contributed by atoms with Crippen molar-refractivity contribution in [2.24, 2.45) is 5.73 Å². The number of para-hydroxylation sites is 2. The molecule has 2 atom stereocenters. The highest BCUT2D eigenvalue weighted by Crippen LogP contribution is 2.30. The molecule has 7 nitrogen and oxygen atoms in total. The van der Waals surface area contributed by atoms with Gasteiger partial charge >= 0.3 is 0 Å². The van der Waals surface area contributed by atoms with Crippen LogP contribution in [0.25, 0.3) is 11.0 Å². The topological polar surface area (TPSA) is 86.3 Å². The van der Waals surface area contributed by atoms with Crippen LogP contribution in [0.3, 0.4) is 0 Å². The van der Waals surface area contributed by atoms with Crippen LogP contribution in [0.15, 0.2) is 48.8 Å². The molecule has 2 N–H and O–H groups in total. The molecule has 7 heteroatoms. The van der Waals surface area contributed by atoms with Gasteiger partial charge in [-0.3, -0.25) is 9.78 Å². The third-order valence-electron chi connectivity index (χ3n) is 6.21. The van der Waals surface area contributed by atoms with Gasteiger partial charge in [0.15, 0.2) is 0 Å². The van der Waals surface area contributed by atoms with Crippen molar-refractivity contribution >= 4 is 16.9 Å². The lowest BCUT2D eigenvalue weighted by molar-refractivity contribution is -0.132. The van der Waals surface area contributed by atoms with Crippen LogP contribution in [0.4, 0.5) is 0 Å². The number of hydrogen-bond donors (Lipinski definition) is 1. The van der Waals surface area contributed by atoms with E-state index in [1.807, 2.05) is 29.3 Å². The molecule has 0 saturated carbocycles. The number of carbonyl (C=O) groups excluding carboxylic acids is 1. The van der Waals surface area contributed by atoms with Crippen molar-refractivity contribution in [3.8, 4) is 0 Å². The second-order valence-corrected chi connectivity index (χ2v) is 8.67. The van der Waals surface area contributed by atoms with E-state index in [0.717, 1.165) is 61.4 Å². The summed E-state index contributed by atoms with van der Waals surface area (Å²) in [6, 6.07) is 12.0. The van der Waals surface area contributed by atoms with E-state index >= 15 is 0 Å². The first-order chi connectivity index (χ1) is 15.7. The molecule has 3 aromatic rings. The minimum atomic E-state index is -0.203. The molecule has 2 aromatic heterocycles. The Hall–Kier alpha value is -2.77. The molecule has 0 aliphatic carbocycles. The largest absolute Gasteiger partial charge is 0.385 e. The number of pyridine rings is 1. The standard InChI is InChI=1S/C25H33N5O2/c1-32-14-6-13-30-23-10-3-2-9-22(23)28-25(30)20-8-5-12-29(18-20)24(31)16-21(26)15-19-7-4-11-27-17-19/h2-4,7,9-11,17,20-21H,5-6,8,12-16,18,26H2,1H3. The zero-order chi connectivity index (χ0) is 22.3. The Kier molecular flexibility index (Phi) is 7.50. The first kappa shape index (κ1) is 22.4. The number of rotatable bonds is 9. The second-order valence-electron chi connectivity index (χ2n) is 8.67. The summed E-state index contributed by atoms with van der Waals surface area (Å²) < 4.78 is 7.58. The van der Waals surface area contributed by atoms with E-state index < -0.39 is 0 Å². The third kappa shape index (κ3) is 5.34. The van der Waals surface area contributed by atoms with E-state index in [1.54, 1.807) is 13.3 Å². The molecule has 32 heavy (non-hydrogen) atoms. The van der Waals surface area contributed by atoms with Crippen LogP contribution in [-0.4, -0.2) is 58.2 Å². The third-order valence-corrected chi connectivity index (χ3v) is 6.21. The van der Waals surface area contributed by atoms with Crippen LogP contribution in [0.5, 0.6) is 0 Å². The van der Waals surface area contributed by atoms with Crippen LogP contribution in [0.1, 0.15) is 43.0 Å². The lowest BCUT2D eigenvalue weighted by Gasteiger charge is -2.33. The number of amides is 1. The van der Waals surface area contributed by atoms with Gasteiger partial charge in [0.05, 0.1) is 11.0 Å². The molecule has 170 valence electrons. The highest BCUT2D eigenvalue weighted by atomic mass is 16.5. The van der Waals surface area contributed by atoms with Crippen molar-refractivity contribution in [3.05, 3.63) is 60.2 Å². The smallest absolute Gasteiger partial charge is 0.224 e. The highest BCUT2D eigenvalue weighted by Gasteiger charge is 2.29. The Morgan fingerprint density at radius 3 is 2.97 bits per heavy atom. The molecule has 4 rings (SSSR count). The molecule has 0 bridgehead atoms. The maximum Gasteiger partial charge on any atom is 0.224 e. The molecule has 1 aliphatic rings. The summed E-state index contributed by atoms with van der Waals surface area (Å²) in [5.74, 6) is 1.45. The second kappa shape index (κ2) is 10.7. The molecule has 1 aromatic carbocycles. The minimum Gasteiger partial charge on any atom is -0.385 e. The van der Waals surface area contributed by atoms with Crippen LogP contribution in [-0.2, 0) is 22.5 Å². The number of ether oxygens (including phenoxy) is 1. The van der Waals surface area contributed by atoms with Crippen LogP contribution >= 0.6 is 0 Å². The van der Waals surface area contributed by atoms with E-state index in [9.17, 15) is 4.79 Å². The number of benzene rings is 1. The van der Waals surface area contributed by atoms with Gasteiger partial charge in [-0.15, -0.1) is 0 Å². The molecule has 0 radical (unpaired) electrons. The van der Waals surface area contributed by atoms with Crippen molar-refractivity contribution < 1.29 is 9.53 Å². The van der Waals surface area contributed by atoms with E-state index in [0.29, 0.717) is 19.4 Å². The number of imidazole rings is 1. The summed E-state index contributed by atoms with van der Waals surface area (Å²) in [5.41, 5.74) is 9.53. The maximum atomic E-state index is 13.0. The van der Waals surface area contributed by atoms with E-state index in [2.05, 4.69) is 27.8 Å². The number of fused-ring (bicyclic) bond motifs is 1. The molecule has 3 heterocycles. The van der Waals surface area contributed by atoms with Crippen molar-refractivity contribution in [1.29, 1.82) is 0 Å². The predicted molar refractivity (Wildman–Crippen MR) is 125 cm³/mol. The number of aryl methyl sites for hydroxylation is 1. The zero-order valence-electron chi connectivity index (χ0n) is 18.8. The van der Waals surface area contributed by atoms with E-state index in [4.69, 9.17) is 15.5 Å². The molecular formula is C25H33N5O2. The Labute approximate surface area is 189 Å². The summed E-state index contributed by atoms with van der Waals surface area (Å²) in [4.78, 5) is 24.1. The number of nitrogens with zero attached hydrogens (tertiary/aromatic N) is 4. The predicted octanol–water partition coefficient (Wildman–Crippen LogP) is 3.13. The summed E-state index contributed by atoms with van der Waals surface area (Å²) in [7, 11) is 1.73. The Bertz CT molecular complexity index is 1020. The number of likely N-dealkylation sites (tertiary alicyclic amines) is 1. The van der Waals surface area contributed by atoms with Crippen molar-refractivity contribution in [2.45, 2.75) is 50.6 Å². The number of piperidine rings is 1. The molecule has 1 saturated heterocycles. The summed E-state index contributed by atoms with van der Waals surface area (Å²) >= 11 is 0. The van der Waals surface area contributed by atoms with E-state index in [-0.39, 0.29) is 17.9 Å². The van der Waals surface area contributed by atoms with Gasteiger partial charge in [-0.1, -0.05) is 18.2 Å². The number of hydrogen-bond acceptors (Lipinski definition) is 5. The molecule has 1 fully saturated rings. The number of methoxy groups -OCH3 is 1. The molecule has 0 spiro atoms. The zero-order valence-corrected chi connectivity index (χ0v) is 18.8. The monoisotopic (exact) mass is 435 g/mol. The van der Waals surface area contributed by atoms with Gasteiger partial charge in [0, 0.05) is 64.1 Å². The lowest BCUT2D eigenvalue weighted by Crippen LogP contribution is -2.42. The van der Waals surface area contributed by atoms with Crippen molar-refractivity contribution in [2.75, 3.05) is 26.8 Å². The Morgan fingerprint density at radius 2 is 2.16 bits per heavy atom. The van der Waals surface area contributed by atoms with Gasteiger partial charge < -0.3 is 19.9 Å². The van der Waals surface area contributed by atoms with Gasteiger partial charge in [-0.05, 0) is 49.4 Å². The average molecular weight is 436 g/mol. The lowest BCUT2D eigenvalue weighted by atomic mass is 9.96. The Balaban J connectivity index is 1.44. The van der Waals surface area contributed by atoms with Gasteiger partial charge in [-0.25, -0.2) is 4.98 Å². The average Bonchev–Trinajstić information content (AvgIpc) is 3.18. The first-order valence-corrected chi connectivity index (χ1v) is 11.5. The number of aromatic nitrogens is 3. The fourth-order valence-corrected chi connectivity index (χ4v) is 4.67. The van der Waals surface area contributed by atoms with Crippen LogP contribution in [0.2, 0.25) is 0 Å². The van der Waals surface area contributed by atoms with Gasteiger partial charge in [0.2, 0.25) is 5.91 Å².